The lowest BCUT2D eigenvalue weighted by atomic mass is 10.3. The van der Waals surface area contributed by atoms with Crippen molar-refractivity contribution in [1.29, 1.82) is 0 Å². The third-order valence-corrected chi connectivity index (χ3v) is 2.29. The van der Waals surface area contributed by atoms with Crippen LogP contribution in [0, 0.1) is 18.8 Å². The Morgan fingerprint density at radius 3 is 3.00 bits per heavy atom. The van der Waals surface area contributed by atoms with Gasteiger partial charge in [-0.1, -0.05) is 11.8 Å². The van der Waals surface area contributed by atoms with Crippen LogP contribution in [0.1, 0.15) is 16.9 Å². The van der Waals surface area contributed by atoms with E-state index in [1.165, 1.54) is 4.88 Å². The van der Waals surface area contributed by atoms with E-state index in [9.17, 15) is 0 Å². The molecule has 11 heavy (non-hydrogen) atoms. The van der Waals surface area contributed by atoms with Crippen LogP contribution in [0.3, 0.4) is 0 Å². The third kappa shape index (κ3) is 3.00. The first-order chi connectivity index (χ1) is 5.33. The molecule has 1 rings (SSSR count). The number of hydrogen-bond acceptors (Lipinski definition) is 2. The van der Waals surface area contributed by atoms with Gasteiger partial charge >= 0.3 is 0 Å². The summed E-state index contributed by atoms with van der Waals surface area (Å²) in [5.74, 6) is 6.97. The minimum absolute atomic E-state index is 0.843. The van der Waals surface area contributed by atoms with Gasteiger partial charge in [0.2, 0.25) is 0 Å². The predicted molar refractivity (Wildman–Crippen MR) is 54.4 cm³/mol. The van der Waals surface area contributed by atoms with Gasteiger partial charge in [-0.25, -0.2) is 0 Å². The van der Waals surface area contributed by atoms with E-state index in [1.807, 2.05) is 0 Å². The van der Waals surface area contributed by atoms with Gasteiger partial charge in [-0.05, 0) is 13.0 Å². The van der Waals surface area contributed by atoms with Crippen molar-refractivity contribution in [2.75, 3.05) is 5.75 Å². The predicted octanol–water partition coefficient (Wildman–Crippen LogP) is 2.73. The van der Waals surface area contributed by atoms with Crippen molar-refractivity contribution in [3.05, 3.63) is 21.9 Å². The van der Waals surface area contributed by atoms with E-state index in [0.29, 0.717) is 0 Å². The standard InChI is InChI=1S/C9H10S2/c1-8-6-9(7-11-8)4-2-3-5-10/h6-7,10H,3,5H2,1H3. The molecule has 2 heteroatoms. The highest BCUT2D eigenvalue weighted by Crippen LogP contribution is 2.11. The molecule has 0 aromatic carbocycles. The quantitative estimate of drug-likeness (QED) is 0.501. The summed E-state index contributed by atoms with van der Waals surface area (Å²) in [4.78, 5) is 1.32. The van der Waals surface area contributed by atoms with Crippen LogP contribution in [0.25, 0.3) is 0 Å². The second-order valence-electron chi connectivity index (χ2n) is 2.22. The summed E-state index contributed by atoms with van der Waals surface area (Å²) in [7, 11) is 0. The van der Waals surface area contributed by atoms with Crippen molar-refractivity contribution in [1.82, 2.24) is 0 Å². The van der Waals surface area contributed by atoms with Crippen LogP contribution >= 0.6 is 24.0 Å². The maximum Gasteiger partial charge on any atom is 0.0354 e. The molecule has 0 N–H and O–H groups in total. The Morgan fingerprint density at radius 1 is 1.64 bits per heavy atom. The molecule has 0 nitrogen and oxygen atoms in total. The Labute approximate surface area is 77.1 Å². The molecule has 0 atom stereocenters. The highest BCUT2D eigenvalue weighted by Gasteiger charge is 1.88. The zero-order chi connectivity index (χ0) is 8.10. The van der Waals surface area contributed by atoms with Crippen molar-refractivity contribution in [2.45, 2.75) is 13.3 Å². The highest BCUT2D eigenvalue weighted by atomic mass is 32.1. The first-order valence-electron chi connectivity index (χ1n) is 3.48. The van der Waals surface area contributed by atoms with Gasteiger partial charge in [0.15, 0.2) is 0 Å². The molecule has 1 aromatic rings. The Bertz CT molecular complexity index is 275. The second-order valence-corrected chi connectivity index (χ2v) is 3.78. The minimum Gasteiger partial charge on any atom is -0.178 e. The van der Waals surface area contributed by atoms with Gasteiger partial charge in [0.25, 0.3) is 0 Å². The van der Waals surface area contributed by atoms with Crippen LogP contribution < -0.4 is 0 Å². The lowest BCUT2D eigenvalue weighted by Crippen LogP contribution is -1.68. The number of hydrogen-bond donors (Lipinski definition) is 1. The molecule has 0 spiro atoms. The largest absolute Gasteiger partial charge is 0.178 e. The maximum atomic E-state index is 4.07. The SMILES string of the molecule is Cc1cc(C#CCCS)cs1. The molecule has 0 unspecified atom stereocenters. The van der Waals surface area contributed by atoms with E-state index in [0.717, 1.165) is 17.7 Å². The lowest BCUT2D eigenvalue weighted by molar-refractivity contribution is 1.31. The number of aryl methyl sites for hydroxylation is 1. The average Bonchev–Trinajstić information content (AvgIpc) is 2.37. The summed E-state index contributed by atoms with van der Waals surface area (Å²) in [5, 5.41) is 2.08. The van der Waals surface area contributed by atoms with Crippen LogP contribution in [0.2, 0.25) is 0 Å². The van der Waals surface area contributed by atoms with Crippen LogP contribution in [-0.4, -0.2) is 5.75 Å². The molecule has 0 fully saturated rings. The van der Waals surface area contributed by atoms with E-state index in [1.54, 1.807) is 11.3 Å². The molecular formula is C9H10S2. The fourth-order valence-electron chi connectivity index (χ4n) is 0.729. The fourth-order valence-corrected chi connectivity index (χ4v) is 1.48. The van der Waals surface area contributed by atoms with Crippen LogP contribution in [-0.2, 0) is 0 Å². The van der Waals surface area contributed by atoms with Crippen LogP contribution in [0.4, 0.5) is 0 Å². The molecule has 0 amide bonds. The van der Waals surface area contributed by atoms with E-state index >= 15 is 0 Å². The zero-order valence-corrected chi connectivity index (χ0v) is 8.14. The molecule has 1 aromatic heterocycles. The number of thiophene rings is 1. The van der Waals surface area contributed by atoms with E-state index in [2.05, 4.69) is 42.8 Å². The Kier molecular flexibility index (Phi) is 3.55. The molecule has 0 bridgehead atoms. The number of rotatable bonds is 1. The summed E-state index contributed by atoms with van der Waals surface area (Å²) in [6.07, 6.45) is 0.873. The maximum absolute atomic E-state index is 4.07. The Morgan fingerprint density at radius 2 is 2.45 bits per heavy atom. The van der Waals surface area contributed by atoms with Crippen LogP contribution in [0.5, 0.6) is 0 Å². The molecule has 58 valence electrons. The summed E-state index contributed by atoms with van der Waals surface area (Å²) < 4.78 is 0. The summed E-state index contributed by atoms with van der Waals surface area (Å²) in [5.41, 5.74) is 1.13. The summed E-state index contributed by atoms with van der Waals surface area (Å²) in [6.45, 7) is 2.09. The smallest absolute Gasteiger partial charge is 0.0354 e. The Hall–Kier alpha value is -0.390. The van der Waals surface area contributed by atoms with Crippen molar-refractivity contribution in [3.63, 3.8) is 0 Å². The van der Waals surface area contributed by atoms with E-state index < -0.39 is 0 Å². The molecule has 0 saturated heterocycles. The molecular weight excluding hydrogens is 172 g/mol. The molecule has 1 heterocycles. The van der Waals surface area contributed by atoms with Crippen molar-refractivity contribution < 1.29 is 0 Å². The monoisotopic (exact) mass is 182 g/mol. The van der Waals surface area contributed by atoms with Gasteiger partial charge in [0.1, 0.15) is 0 Å². The minimum atomic E-state index is 0.843. The fraction of sp³-hybridized carbons (Fsp3) is 0.333. The molecule has 0 radical (unpaired) electrons. The van der Waals surface area contributed by atoms with Gasteiger partial charge in [-0.3, -0.25) is 0 Å². The van der Waals surface area contributed by atoms with Crippen LogP contribution in [0.15, 0.2) is 11.4 Å². The third-order valence-electron chi connectivity index (χ3n) is 1.20. The van der Waals surface area contributed by atoms with Crippen molar-refractivity contribution in [3.8, 4) is 11.8 Å². The second kappa shape index (κ2) is 4.48. The topological polar surface area (TPSA) is 0 Å². The molecule has 0 aliphatic heterocycles. The van der Waals surface area contributed by atoms with Crippen molar-refractivity contribution in [2.24, 2.45) is 0 Å². The first-order valence-corrected chi connectivity index (χ1v) is 4.99. The molecule has 0 aliphatic rings. The summed E-state index contributed by atoms with van der Waals surface area (Å²) in [6, 6.07) is 2.11. The summed E-state index contributed by atoms with van der Waals surface area (Å²) >= 11 is 5.81. The number of thiol groups is 1. The van der Waals surface area contributed by atoms with Gasteiger partial charge in [-0.15, -0.1) is 11.3 Å². The van der Waals surface area contributed by atoms with Crippen molar-refractivity contribution >= 4 is 24.0 Å². The van der Waals surface area contributed by atoms with Gasteiger partial charge in [-0.2, -0.15) is 12.6 Å². The highest BCUT2D eigenvalue weighted by molar-refractivity contribution is 7.80. The molecule has 0 aliphatic carbocycles. The van der Waals surface area contributed by atoms with Gasteiger partial charge in [0.05, 0.1) is 0 Å². The molecule has 0 saturated carbocycles. The Balaban J connectivity index is 2.59. The van der Waals surface area contributed by atoms with E-state index in [-0.39, 0.29) is 0 Å². The average molecular weight is 182 g/mol. The van der Waals surface area contributed by atoms with E-state index in [4.69, 9.17) is 0 Å². The normalized spacial score (nSPS) is 8.91. The zero-order valence-electron chi connectivity index (χ0n) is 6.42. The lowest BCUT2D eigenvalue weighted by Gasteiger charge is -1.77. The van der Waals surface area contributed by atoms with Gasteiger partial charge in [0, 0.05) is 28.0 Å². The first kappa shape index (κ1) is 8.70. The van der Waals surface area contributed by atoms with Gasteiger partial charge < -0.3 is 0 Å².